The van der Waals surface area contributed by atoms with Crippen molar-refractivity contribution in [3.63, 3.8) is 0 Å². The van der Waals surface area contributed by atoms with Crippen molar-refractivity contribution in [3.05, 3.63) is 40.8 Å². The van der Waals surface area contributed by atoms with Crippen LogP contribution in [0.2, 0.25) is 5.02 Å². The van der Waals surface area contributed by atoms with E-state index in [0.29, 0.717) is 23.4 Å². The lowest BCUT2D eigenvalue weighted by atomic mass is 10.0. The average Bonchev–Trinajstić information content (AvgIpc) is 2.99. The van der Waals surface area contributed by atoms with E-state index in [1.54, 1.807) is 17.1 Å². The van der Waals surface area contributed by atoms with Crippen molar-refractivity contribution in [1.82, 2.24) is 19.7 Å². The van der Waals surface area contributed by atoms with Crippen LogP contribution in [-0.4, -0.2) is 38.7 Å². The topological polar surface area (TPSA) is 72.3 Å². The maximum Gasteiger partial charge on any atom is 0.191 e. The first-order valence-corrected chi connectivity index (χ1v) is 8.62. The fraction of sp³-hybridized carbons (Fsp3) is 0.471. The molecule has 0 amide bonds. The number of guanidine groups is 1. The molecule has 1 saturated heterocycles. The van der Waals surface area contributed by atoms with E-state index in [2.05, 4.69) is 26.9 Å². The van der Waals surface area contributed by atoms with E-state index in [-0.39, 0.29) is 24.0 Å². The number of piperidine rings is 1. The molecule has 1 atom stereocenters. The summed E-state index contributed by atoms with van der Waals surface area (Å²) in [5.41, 5.74) is 8.08. The highest BCUT2D eigenvalue weighted by Crippen LogP contribution is 2.18. The van der Waals surface area contributed by atoms with Crippen molar-refractivity contribution >= 4 is 41.5 Å². The van der Waals surface area contributed by atoms with Crippen LogP contribution < -0.4 is 5.73 Å². The standard InChI is InChI=1S/C17H23ClN6.HI/c1-12-4-3-7-23(10-12)17(19)20-8-14-6-5-13(2)22-16(14)24-11-15(18)9-21-24;/h5-6,9,11-12H,3-4,7-8,10H2,1-2H3,(H2,19,20);1H. The van der Waals surface area contributed by atoms with Gasteiger partial charge in [-0.25, -0.2) is 14.7 Å². The molecule has 2 aromatic heterocycles. The summed E-state index contributed by atoms with van der Waals surface area (Å²) in [6.07, 6.45) is 5.77. The van der Waals surface area contributed by atoms with E-state index in [4.69, 9.17) is 17.3 Å². The molecule has 0 aromatic carbocycles. The van der Waals surface area contributed by atoms with Gasteiger partial charge in [0.05, 0.1) is 24.0 Å². The molecule has 6 nitrogen and oxygen atoms in total. The summed E-state index contributed by atoms with van der Waals surface area (Å²) in [6, 6.07) is 3.99. The predicted molar refractivity (Wildman–Crippen MR) is 112 cm³/mol. The van der Waals surface area contributed by atoms with E-state index >= 15 is 0 Å². The zero-order chi connectivity index (χ0) is 17.1. The number of hydrogen-bond acceptors (Lipinski definition) is 3. The van der Waals surface area contributed by atoms with Crippen LogP contribution in [0.1, 0.15) is 31.0 Å². The van der Waals surface area contributed by atoms with E-state index in [9.17, 15) is 0 Å². The number of nitrogens with zero attached hydrogens (tertiary/aromatic N) is 5. The van der Waals surface area contributed by atoms with Gasteiger partial charge in [-0.1, -0.05) is 24.6 Å². The highest BCUT2D eigenvalue weighted by atomic mass is 127. The third-order valence-corrected chi connectivity index (χ3v) is 4.45. The fourth-order valence-corrected chi connectivity index (χ4v) is 3.11. The number of hydrogen-bond donors (Lipinski definition) is 1. The van der Waals surface area contributed by atoms with Crippen molar-refractivity contribution in [1.29, 1.82) is 0 Å². The number of pyridine rings is 1. The Morgan fingerprint density at radius 2 is 2.24 bits per heavy atom. The Morgan fingerprint density at radius 1 is 1.44 bits per heavy atom. The molecule has 0 aliphatic carbocycles. The van der Waals surface area contributed by atoms with Crippen LogP contribution in [0.15, 0.2) is 29.5 Å². The molecule has 0 spiro atoms. The Hall–Kier alpha value is -1.35. The van der Waals surface area contributed by atoms with Crippen LogP contribution in [0.4, 0.5) is 0 Å². The van der Waals surface area contributed by atoms with Crippen LogP contribution in [0.5, 0.6) is 0 Å². The number of nitrogens with two attached hydrogens (primary N) is 1. The van der Waals surface area contributed by atoms with Crippen molar-refractivity contribution in [2.45, 2.75) is 33.2 Å². The molecule has 0 radical (unpaired) electrons. The zero-order valence-corrected chi connectivity index (χ0v) is 17.6. The lowest BCUT2D eigenvalue weighted by Crippen LogP contribution is -2.43. The summed E-state index contributed by atoms with van der Waals surface area (Å²) in [5.74, 6) is 2.01. The minimum absolute atomic E-state index is 0. The average molecular weight is 475 g/mol. The molecule has 0 saturated carbocycles. The Labute approximate surface area is 170 Å². The number of halogens is 2. The molecule has 2 N–H and O–H groups in total. The number of aryl methyl sites for hydroxylation is 1. The second kappa shape index (κ2) is 8.84. The molecular formula is C17H24ClIN6. The molecule has 3 rings (SSSR count). The van der Waals surface area contributed by atoms with Crippen LogP contribution in [0, 0.1) is 12.8 Å². The summed E-state index contributed by atoms with van der Waals surface area (Å²) in [5, 5.41) is 4.83. The molecule has 3 heterocycles. The highest BCUT2D eigenvalue weighted by Gasteiger charge is 2.17. The molecule has 1 aliphatic rings. The van der Waals surface area contributed by atoms with Crippen molar-refractivity contribution < 1.29 is 0 Å². The smallest absolute Gasteiger partial charge is 0.191 e. The lowest BCUT2D eigenvalue weighted by Gasteiger charge is -2.31. The fourth-order valence-electron chi connectivity index (χ4n) is 2.97. The molecule has 8 heteroatoms. The maximum absolute atomic E-state index is 6.19. The molecule has 1 aliphatic heterocycles. The number of aliphatic imine (C=N–C) groups is 1. The van der Waals surface area contributed by atoms with Gasteiger partial charge < -0.3 is 10.6 Å². The second-order valence-corrected chi connectivity index (χ2v) is 6.84. The van der Waals surface area contributed by atoms with Gasteiger partial charge in [0, 0.05) is 24.3 Å². The monoisotopic (exact) mass is 474 g/mol. The first-order chi connectivity index (χ1) is 11.5. The van der Waals surface area contributed by atoms with Gasteiger partial charge in [-0.2, -0.15) is 5.10 Å². The van der Waals surface area contributed by atoms with Gasteiger partial charge in [0.25, 0.3) is 0 Å². The Morgan fingerprint density at radius 3 is 2.92 bits per heavy atom. The van der Waals surface area contributed by atoms with Gasteiger partial charge in [0.1, 0.15) is 0 Å². The van der Waals surface area contributed by atoms with Gasteiger partial charge >= 0.3 is 0 Å². The lowest BCUT2D eigenvalue weighted by molar-refractivity contribution is 0.270. The van der Waals surface area contributed by atoms with E-state index in [0.717, 1.165) is 30.2 Å². The van der Waals surface area contributed by atoms with Crippen LogP contribution in [-0.2, 0) is 6.54 Å². The molecule has 25 heavy (non-hydrogen) atoms. The number of likely N-dealkylation sites (tertiary alicyclic amines) is 1. The Kier molecular flexibility index (Phi) is 7.06. The maximum atomic E-state index is 6.19. The number of rotatable bonds is 3. The SMILES string of the molecule is Cc1ccc(CN=C(N)N2CCCC(C)C2)c(-n2cc(Cl)cn2)n1.I. The van der Waals surface area contributed by atoms with E-state index in [1.165, 1.54) is 12.8 Å². The first kappa shape index (κ1) is 20.0. The predicted octanol–water partition coefficient (Wildman–Crippen LogP) is 3.39. The summed E-state index contributed by atoms with van der Waals surface area (Å²) < 4.78 is 1.68. The van der Waals surface area contributed by atoms with Crippen LogP contribution in [0.25, 0.3) is 5.82 Å². The largest absolute Gasteiger partial charge is 0.370 e. The normalized spacial score (nSPS) is 18.1. The molecular weight excluding hydrogens is 451 g/mol. The molecule has 1 unspecified atom stereocenters. The zero-order valence-electron chi connectivity index (χ0n) is 14.5. The highest BCUT2D eigenvalue weighted by molar-refractivity contribution is 14.0. The molecule has 136 valence electrons. The summed E-state index contributed by atoms with van der Waals surface area (Å²) in [7, 11) is 0. The minimum atomic E-state index is 0. The third-order valence-electron chi connectivity index (χ3n) is 4.26. The first-order valence-electron chi connectivity index (χ1n) is 8.25. The Balaban J connectivity index is 0.00000225. The summed E-state index contributed by atoms with van der Waals surface area (Å²) in [6.45, 7) is 6.63. The van der Waals surface area contributed by atoms with E-state index < -0.39 is 0 Å². The van der Waals surface area contributed by atoms with Crippen molar-refractivity contribution in [2.24, 2.45) is 16.6 Å². The van der Waals surface area contributed by atoms with Gasteiger partial charge in [-0.05, 0) is 31.7 Å². The molecule has 1 fully saturated rings. The van der Waals surface area contributed by atoms with Crippen LogP contribution in [0.3, 0.4) is 0 Å². The van der Waals surface area contributed by atoms with Gasteiger partial charge in [-0.15, -0.1) is 24.0 Å². The van der Waals surface area contributed by atoms with Crippen molar-refractivity contribution in [3.8, 4) is 5.82 Å². The van der Waals surface area contributed by atoms with Crippen molar-refractivity contribution in [2.75, 3.05) is 13.1 Å². The van der Waals surface area contributed by atoms with Crippen LogP contribution >= 0.6 is 35.6 Å². The van der Waals surface area contributed by atoms with Gasteiger partial charge in [0.15, 0.2) is 11.8 Å². The molecule has 2 aromatic rings. The van der Waals surface area contributed by atoms with Gasteiger partial charge in [-0.3, -0.25) is 0 Å². The molecule has 0 bridgehead atoms. The minimum Gasteiger partial charge on any atom is -0.370 e. The van der Waals surface area contributed by atoms with E-state index in [1.807, 2.05) is 19.1 Å². The second-order valence-electron chi connectivity index (χ2n) is 6.41. The summed E-state index contributed by atoms with van der Waals surface area (Å²) >= 11 is 5.98. The Bertz CT molecular complexity index is 744. The third kappa shape index (κ3) is 5.07. The number of aromatic nitrogens is 3. The van der Waals surface area contributed by atoms with Gasteiger partial charge in [0.2, 0.25) is 0 Å². The summed E-state index contributed by atoms with van der Waals surface area (Å²) in [4.78, 5) is 11.3. The quantitative estimate of drug-likeness (QED) is 0.420.